The lowest BCUT2D eigenvalue weighted by molar-refractivity contribution is -0.142. The standard InChI is InChI=1S/C16H29N7O7S2/c17-7(2-1-3-20-16(18)19)12(26)21-8(4-11(24)25)13(27)22-9(5-31)14(28)23-10(6-32)15(29)30/h7-10,31-32H,1-6,17H2,(H,21,26)(H,22,27)(H,23,28)(H,24,25)(H,29,30)(H4,18,19,20). The van der Waals surface area contributed by atoms with E-state index in [-0.39, 0.29) is 30.4 Å². The summed E-state index contributed by atoms with van der Waals surface area (Å²) in [6.45, 7) is 0.227. The highest BCUT2D eigenvalue weighted by Gasteiger charge is 2.30. The van der Waals surface area contributed by atoms with E-state index < -0.39 is 60.2 Å². The van der Waals surface area contributed by atoms with Crippen LogP contribution in [0.5, 0.6) is 0 Å². The summed E-state index contributed by atoms with van der Waals surface area (Å²) in [6.07, 6.45) is -0.264. The van der Waals surface area contributed by atoms with Crippen LogP contribution in [0.3, 0.4) is 0 Å². The lowest BCUT2D eigenvalue weighted by Gasteiger charge is -2.23. The van der Waals surface area contributed by atoms with Crippen molar-refractivity contribution in [3.63, 3.8) is 0 Å². The zero-order chi connectivity index (χ0) is 24.8. The fourth-order valence-corrected chi connectivity index (χ4v) is 2.74. The van der Waals surface area contributed by atoms with Crippen LogP contribution in [-0.2, 0) is 24.0 Å². The Morgan fingerprint density at radius 1 is 0.844 bits per heavy atom. The van der Waals surface area contributed by atoms with Crippen molar-refractivity contribution in [3.8, 4) is 0 Å². The van der Waals surface area contributed by atoms with Crippen LogP contribution in [0.25, 0.3) is 0 Å². The normalized spacial score (nSPS) is 14.2. The Hall–Kier alpha value is -2.72. The zero-order valence-electron chi connectivity index (χ0n) is 17.1. The van der Waals surface area contributed by atoms with Crippen molar-refractivity contribution in [1.29, 1.82) is 0 Å². The number of carbonyl (C=O) groups excluding carboxylic acids is 3. The molecule has 0 radical (unpaired) electrons. The molecular formula is C16H29N7O7S2. The third-order valence-corrected chi connectivity index (χ3v) is 4.66. The van der Waals surface area contributed by atoms with Crippen molar-refractivity contribution >= 4 is 60.9 Å². The molecule has 11 N–H and O–H groups in total. The highest BCUT2D eigenvalue weighted by atomic mass is 32.1. The fourth-order valence-electron chi connectivity index (χ4n) is 2.24. The van der Waals surface area contributed by atoms with Crippen LogP contribution in [0.15, 0.2) is 4.99 Å². The summed E-state index contributed by atoms with van der Waals surface area (Å²) in [5.74, 6) is -5.91. The molecule has 0 spiro atoms. The second kappa shape index (κ2) is 15.1. The van der Waals surface area contributed by atoms with Crippen LogP contribution >= 0.6 is 25.3 Å². The molecule has 32 heavy (non-hydrogen) atoms. The Kier molecular flexibility index (Phi) is 13.9. The second-order valence-electron chi connectivity index (χ2n) is 6.54. The van der Waals surface area contributed by atoms with Gasteiger partial charge < -0.3 is 43.4 Å². The minimum absolute atomic E-state index is 0.118. The maximum Gasteiger partial charge on any atom is 0.327 e. The quantitative estimate of drug-likeness (QED) is 0.0459. The van der Waals surface area contributed by atoms with E-state index in [0.29, 0.717) is 6.42 Å². The van der Waals surface area contributed by atoms with E-state index >= 15 is 0 Å². The third-order valence-electron chi connectivity index (χ3n) is 3.93. The van der Waals surface area contributed by atoms with Gasteiger partial charge in [-0.25, -0.2) is 4.79 Å². The molecule has 0 aliphatic heterocycles. The SMILES string of the molecule is NC(N)=NCCCC(N)C(=O)NC(CC(=O)O)C(=O)NC(CS)C(=O)NC(CS)C(=O)O. The summed E-state index contributed by atoms with van der Waals surface area (Å²) in [7, 11) is 0. The Balaban J connectivity index is 5.09. The molecule has 3 amide bonds. The first-order valence-corrected chi connectivity index (χ1v) is 10.6. The molecule has 0 aliphatic carbocycles. The van der Waals surface area contributed by atoms with Gasteiger partial charge >= 0.3 is 11.9 Å². The third kappa shape index (κ3) is 11.6. The molecule has 14 nitrogen and oxygen atoms in total. The van der Waals surface area contributed by atoms with E-state index in [1.165, 1.54) is 0 Å². The number of carbonyl (C=O) groups is 5. The second-order valence-corrected chi connectivity index (χ2v) is 7.27. The number of aliphatic carboxylic acids is 2. The molecule has 0 saturated heterocycles. The number of carboxylic acid groups (broad SMARTS) is 2. The first-order valence-electron chi connectivity index (χ1n) is 9.31. The number of hydrogen-bond acceptors (Lipinski definition) is 9. The lowest BCUT2D eigenvalue weighted by Crippen LogP contribution is -2.58. The monoisotopic (exact) mass is 495 g/mol. The van der Waals surface area contributed by atoms with E-state index in [1.54, 1.807) is 0 Å². The summed E-state index contributed by atoms with van der Waals surface area (Å²) < 4.78 is 0. The molecule has 4 unspecified atom stereocenters. The maximum absolute atomic E-state index is 12.5. The summed E-state index contributed by atoms with van der Waals surface area (Å²) in [4.78, 5) is 62.9. The fraction of sp³-hybridized carbons (Fsp3) is 0.625. The number of nitrogens with zero attached hydrogens (tertiary/aromatic N) is 1. The average molecular weight is 496 g/mol. The van der Waals surface area contributed by atoms with E-state index in [4.69, 9.17) is 27.4 Å². The molecule has 4 atom stereocenters. The summed E-state index contributed by atoms with van der Waals surface area (Å²) in [5.41, 5.74) is 16.1. The predicted octanol–water partition coefficient (Wildman–Crippen LogP) is -3.76. The zero-order valence-corrected chi connectivity index (χ0v) is 18.9. The van der Waals surface area contributed by atoms with Crippen molar-refractivity contribution in [2.45, 2.75) is 43.4 Å². The van der Waals surface area contributed by atoms with Gasteiger partial charge in [0.2, 0.25) is 17.7 Å². The van der Waals surface area contributed by atoms with Crippen LogP contribution in [0.1, 0.15) is 19.3 Å². The van der Waals surface area contributed by atoms with Crippen molar-refractivity contribution in [3.05, 3.63) is 0 Å². The number of carboxylic acids is 2. The van der Waals surface area contributed by atoms with Gasteiger partial charge in [-0.15, -0.1) is 0 Å². The lowest BCUT2D eigenvalue weighted by atomic mass is 10.1. The molecule has 0 aliphatic rings. The van der Waals surface area contributed by atoms with Crippen molar-refractivity contribution in [2.24, 2.45) is 22.2 Å². The van der Waals surface area contributed by atoms with E-state index in [2.05, 4.69) is 46.2 Å². The van der Waals surface area contributed by atoms with Crippen LogP contribution < -0.4 is 33.2 Å². The molecule has 0 bridgehead atoms. The van der Waals surface area contributed by atoms with E-state index in [0.717, 1.165) is 0 Å². The minimum Gasteiger partial charge on any atom is -0.481 e. The summed E-state index contributed by atoms with van der Waals surface area (Å²) >= 11 is 7.76. The molecule has 0 heterocycles. The molecule has 0 saturated carbocycles. The number of nitrogens with one attached hydrogen (secondary N) is 3. The van der Waals surface area contributed by atoms with Gasteiger partial charge in [-0.1, -0.05) is 0 Å². The number of hydrogen-bond donors (Lipinski definition) is 10. The number of aliphatic imine (C=N–C) groups is 1. The smallest absolute Gasteiger partial charge is 0.327 e. The molecule has 0 aromatic heterocycles. The maximum atomic E-state index is 12.5. The van der Waals surface area contributed by atoms with Gasteiger partial charge in [-0.05, 0) is 12.8 Å². The number of nitrogens with two attached hydrogens (primary N) is 3. The van der Waals surface area contributed by atoms with Gasteiger partial charge in [-0.2, -0.15) is 25.3 Å². The number of rotatable bonds is 15. The molecule has 16 heteroatoms. The Bertz CT molecular complexity index is 719. The van der Waals surface area contributed by atoms with Gasteiger partial charge in [0.25, 0.3) is 0 Å². The van der Waals surface area contributed by atoms with Gasteiger partial charge in [0.1, 0.15) is 18.1 Å². The largest absolute Gasteiger partial charge is 0.481 e. The molecule has 182 valence electrons. The van der Waals surface area contributed by atoms with Gasteiger partial charge in [-0.3, -0.25) is 24.2 Å². The first kappa shape index (κ1) is 29.3. The van der Waals surface area contributed by atoms with Crippen LogP contribution in [0.2, 0.25) is 0 Å². The number of guanidine groups is 1. The first-order chi connectivity index (χ1) is 14.9. The molecule has 0 fully saturated rings. The van der Waals surface area contributed by atoms with Crippen molar-refractivity contribution < 1.29 is 34.2 Å². The minimum atomic E-state index is -1.54. The number of amides is 3. The Labute approximate surface area is 194 Å². The van der Waals surface area contributed by atoms with Gasteiger partial charge in [0.15, 0.2) is 5.96 Å². The van der Waals surface area contributed by atoms with Gasteiger partial charge in [0.05, 0.1) is 12.5 Å². The number of thiol groups is 2. The molecule has 0 rings (SSSR count). The molecule has 0 aromatic carbocycles. The van der Waals surface area contributed by atoms with Crippen LogP contribution in [-0.4, -0.2) is 88.1 Å². The molecule has 0 aromatic rings. The van der Waals surface area contributed by atoms with Crippen molar-refractivity contribution in [2.75, 3.05) is 18.1 Å². The van der Waals surface area contributed by atoms with Gasteiger partial charge in [0, 0.05) is 18.1 Å². The summed E-state index contributed by atoms with van der Waals surface area (Å²) in [6, 6.07) is -5.21. The van der Waals surface area contributed by atoms with Crippen LogP contribution in [0.4, 0.5) is 0 Å². The van der Waals surface area contributed by atoms with E-state index in [9.17, 15) is 24.0 Å². The van der Waals surface area contributed by atoms with Crippen LogP contribution in [0, 0.1) is 0 Å². The highest BCUT2D eigenvalue weighted by molar-refractivity contribution is 7.80. The topological polar surface area (TPSA) is 252 Å². The van der Waals surface area contributed by atoms with E-state index in [1.807, 2.05) is 0 Å². The predicted molar refractivity (Wildman–Crippen MR) is 121 cm³/mol. The summed E-state index contributed by atoms with van der Waals surface area (Å²) in [5, 5.41) is 24.7. The average Bonchev–Trinajstić information content (AvgIpc) is 2.71. The molecular weight excluding hydrogens is 466 g/mol. The Morgan fingerprint density at radius 3 is 1.81 bits per heavy atom. The van der Waals surface area contributed by atoms with Crippen molar-refractivity contribution in [1.82, 2.24) is 16.0 Å². The highest BCUT2D eigenvalue weighted by Crippen LogP contribution is 2.01. The Morgan fingerprint density at radius 2 is 1.34 bits per heavy atom.